The lowest BCUT2D eigenvalue weighted by Crippen LogP contribution is -2.38. The van der Waals surface area contributed by atoms with Crippen LogP contribution in [0.25, 0.3) is 0 Å². The molecule has 1 heterocycles. The van der Waals surface area contributed by atoms with E-state index in [0.29, 0.717) is 0 Å². The van der Waals surface area contributed by atoms with Crippen LogP contribution >= 0.6 is 0 Å². The van der Waals surface area contributed by atoms with Gasteiger partial charge in [0.15, 0.2) is 0 Å². The van der Waals surface area contributed by atoms with E-state index in [-0.39, 0.29) is 19.0 Å². The first kappa shape index (κ1) is 12.7. The fourth-order valence-corrected chi connectivity index (χ4v) is 1.17. The van der Waals surface area contributed by atoms with Crippen molar-refractivity contribution in [1.29, 1.82) is 0 Å². The van der Waals surface area contributed by atoms with Gasteiger partial charge in [0.05, 0.1) is 0 Å². The Balaban J connectivity index is 2.80. The highest BCUT2D eigenvalue weighted by atomic mass is 19.4. The molecule has 0 radical (unpaired) electrons. The topological polar surface area (TPSA) is 55.0 Å². The lowest BCUT2D eigenvalue weighted by molar-refractivity contribution is -0.119. The minimum Gasteiger partial charge on any atom is -0.330 e. The standard InChI is InChI=1S/C9H13F3N4/c1-7-4-14-8(15-5-7)16(3-2-13)6-9(10,11)12/h4-5H,2-3,6,13H2,1H3. The van der Waals surface area contributed by atoms with Crippen LogP contribution in [0, 0.1) is 6.92 Å². The summed E-state index contributed by atoms with van der Waals surface area (Å²) >= 11 is 0. The maximum absolute atomic E-state index is 12.3. The van der Waals surface area contributed by atoms with Gasteiger partial charge in [-0.3, -0.25) is 0 Å². The van der Waals surface area contributed by atoms with Crippen LogP contribution in [0.3, 0.4) is 0 Å². The largest absolute Gasteiger partial charge is 0.406 e. The molecule has 0 saturated carbocycles. The Morgan fingerprint density at radius 3 is 2.31 bits per heavy atom. The molecule has 90 valence electrons. The molecule has 0 amide bonds. The monoisotopic (exact) mass is 234 g/mol. The Labute approximate surface area is 91.3 Å². The van der Waals surface area contributed by atoms with Gasteiger partial charge in [-0.25, -0.2) is 9.97 Å². The van der Waals surface area contributed by atoms with Crippen LogP contribution in [-0.2, 0) is 0 Å². The van der Waals surface area contributed by atoms with E-state index < -0.39 is 12.7 Å². The number of rotatable bonds is 4. The van der Waals surface area contributed by atoms with Crippen LogP contribution in [0.1, 0.15) is 5.56 Å². The number of hydrogen-bond acceptors (Lipinski definition) is 4. The van der Waals surface area contributed by atoms with Crippen molar-refractivity contribution >= 4 is 5.95 Å². The van der Waals surface area contributed by atoms with Crippen LogP contribution in [0.5, 0.6) is 0 Å². The first-order valence-electron chi connectivity index (χ1n) is 4.73. The molecule has 7 heteroatoms. The van der Waals surface area contributed by atoms with Crippen LogP contribution in [0.4, 0.5) is 19.1 Å². The minimum atomic E-state index is -4.29. The highest BCUT2D eigenvalue weighted by Crippen LogP contribution is 2.18. The number of alkyl halides is 3. The Morgan fingerprint density at radius 2 is 1.88 bits per heavy atom. The quantitative estimate of drug-likeness (QED) is 0.848. The summed E-state index contributed by atoms with van der Waals surface area (Å²) in [6, 6.07) is 0. The van der Waals surface area contributed by atoms with E-state index in [9.17, 15) is 13.2 Å². The summed E-state index contributed by atoms with van der Waals surface area (Å²) in [6.07, 6.45) is -1.34. The summed E-state index contributed by atoms with van der Waals surface area (Å²) in [5.41, 5.74) is 6.05. The second-order valence-corrected chi connectivity index (χ2v) is 3.39. The zero-order valence-corrected chi connectivity index (χ0v) is 8.83. The Hall–Kier alpha value is -1.37. The molecule has 1 aromatic rings. The number of aromatic nitrogens is 2. The summed E-state index contributed by atoms with van der Waals surface area (Å²) in [5, 5.41) is 0. The minimum absolute atomic E-state index is 0.0494. The van der Waals surface area contributed by atoms with E-state index in [1.54, 1.807) is 6.92 Å². The van der Waals surface area contributed by atoms with Crippen molar-refractivity contribution in [2.75, 3.05) is 24.5 Å². The predicted molar refractivity (Wildman–Crippen MR) is 54.1 cm³/mol. The third-order valence-corrected chi connectivity index (χ3v) is 1.82. The van der Waals surface area contributed by atoms with Crippen LogP contribution in [0.15, 0.2) is 12.4 Å². The van der Waals surface area contributed by atoms with E-state index in [1.807, 2.05) is 0 Å². The molecule has 0 aliphatic carbocycles. The third kappa shape index (κ3) is 4.01. The normalized spacial score (nSPS) is 11.6. The van der Waals surface area contributed by atoms with Gasteiger partial charge in [-0.05, 0) is 12.5 Å². The molecule has 0 bridgehead atoms. The van der Waals surface area contributed by atoms with Gasteiger partial charge >= 0.3 is 6.18 Å². The first-order valence-corrected chi connectivity index (χ1v) is 4.73. The lowest BCUT2D eigenvalue weighted by atomic mass is 10.4. The zero-order chi connectivity index (χ0) is 12.2. The van der Waals surface area contributed by atoms with Crippen LogP contribution in [-0.4, -0.2) is 35.8 Å². The second kappa shape index (κ2) is 5.11. The van der Waals surface area contributed by atoms with Crippen molar-refractivity contribution in [2.45, 2.75) is 13.1 Å². The van der Waals surface area contributed by atoms with Crippen molar-refractivity contribution in [3.05, 3.63) is 18.0 Å². The molecular weight excluding hydrogens is 221 g/mol. The number of halogens is 3. The van der Waals surface area contributed by atoms with E-state index >= 15 is 0 Å². The summed E-state index contributed by atoms with van der Waals surface area (Å²) in [4.78, 5) is 8.69. The molecule has 0 aliphatic rings. The summed E-state index contributed by atoms with van der Waals surface area (Å²) in [7, 11) is 0. The number of hydrogen-bond donors (Lipinski definition) is 1. The van der Waals surface area contributed by atoms with Crippen LogP contribution in [0.2, 0.25) is 0 Å². The Bertz CT molecular complexity index is 323. The van der Waals surface area contributed by atoms with Crippen LogP contribution < -0.4 is 10.6 Å². The SMILES string of the molecule is Cc1cnc(N(CCN)CC(F)(F)F)nc1. The summed E-state index contributed by atoms with van der Waals surface area (Å²) in [5.74, 6) is 0.0494. The van der Waals surface area contributed by atoms with Gasteiger partial charge in [0.1, 0.15) is 6.54 Å². The number of anilines is 1. The fraction of sp³-hybridized carbons (Fsp3) is 0.556. The first-order chi connectivity index (χ1) is 7.42. The lowest BCUT2D eigenvalue weighted by Gasteiger charge is -2.22. The maximum Gasteiger partial charge on any atom is 0.406 e. The molecule has 2 N–H and O–H groups in total. The predicted octanol–water partition coefficient (Wildman–Crippen LogP) is 1.11. The molecule has 0 atom stereocenters. The molecule has 0 saturated heterocycles. The number of nitrogens with zero attached hydrogens (tertiary/aromatic N) is 3. The number of nitrogens with two attached hydrogens (primary N) is 1. The average Bonchev–Trinajstić information content (AvgIpc) is 2.16. The molecule has 0 aliphatic heterocycles. The molecular formula is C9H13F3N4. The molecule has 0 fully saturated rings. The van der Waals surface area contributed by atoms with Gasteiger partial charge in [0.2, 0.25) is 5.95 Å². The van der Waals surface area contributed by atoms with Gasteiger partial charge in [0.25, 0.3) is 0 Å². The van der Waals surface area contributed by atoms with Gasteiger partial charge in [-0.1, -0.05) is 0 Å². The van der Waals surface area contributed by atoms with Crippen molar-refractivity contribution in [3.8, 4) is 0 Å². The summed E-state index contributed by atoms with van der Waals surface area (Å²) in [6.45, 7) is 0.865. The van der Waals surface area contributed by atoms with E-state index in [0.717, 1.165) is 10.5 Å². The van der Waals surface area contributed by atoms with Crippen molar-refractivity contribution < 1.29 is 13.2 Å². The highest BCUT2D eigenvalue weighted by molar-refractivity contribution is 5.30. The smallest absolute Gasteiger partial charge is 0.330 e. The van der Waals surface area contributed by atoms with Gasteiger partial charge in [-0.2, -0.15) is 13.2 Å². The van der Waals surface area contributed by atoms with Gasteiger partial charge in [-0.15, -0.1) is 0 Å². The average molecular weight is 234 g/mol. The third-order valence-electron chi connectivity index (χ3n) is 1.82. The maximum atomic E-state index is 12.3. The fourth-order valence-electron chi connectivity index (χ4n) is 1.17. The van der Waals surface area contributed by atoms with Crippen molar-refractivity contribution in [1.82, 2.24) is 9.97 Å². The highest BCUT2D eigenvalue weighted by Gasteiger charge is 2.31. The molecule has 1 rings (SSSR count). The zero-order valence-electron chi connectivity index (χ0n) is 8.83. The van der Waals surface area contributed by atoms with Crippen molar-refractivity contribution in [2.24, 2.45) is 5.73 Å². The molecule has 4 nitrogen and oxygen atoms in total. The molecule has 0 spiro atoms. The molecule has 1 aromatic heterocycles. The van der Waals surface area contributed by atoms with Gasteiger partial charge < -0.3 is 10.6 Å². The Kier molecular flexibility index (Phi) is 4.05. The van der Waals surface area contributed by atoms with Gasteiger partial charge in [0, 0.05) is 25.5 Å². The van der Waals surface area contributed by atoms with E-state index in [2.05, 4.69) is 9.97 Å². The Morgan fingerprint density at radius 1 is 1.31 bits per heavy atom. The van der Waals surface area contributed by atoms with E-state index in [1.165, 1.54) is 12.4 Å². The molecule has 0 unspecified atom stereocenters. The summed E-state index contributed by atoms with van der Waals surface area (Å²) < 4.78 is 36.8. The van der Waals surface area contributed by atoms with Crippen molar-refractivity contribution in [3.63, 3.8) is 0 Å². The molecule has 16 heavy (non-hydrogen) atoms. The second-order valence-electron chi connectivity index (χ2n) is 3.39. The molecule has 0 aromatic carbocycles. The van der Waals surface area contributed by atoms with E-state index in [4.69, 9.17) is 5.73 Å². The number of aryl methyl sites for hydroxylation is 1.